The molecular formula is C13H15NO4. The topological polar surface area (TPSA) is 66.8 Å². The van der Waals surface area contributed by atoms with Crippen LogP contribution >= 0.6 is 0 Å². The van der Waals surface area contributed by atoms with Crippen LogP contribution in [0.25, 0.3) is 0 Å². The van der Waals surface area contributed by atoms with Crippen LogP contribution in [0.4, 0.5) is 0 Å². The summed E-state index contributed by atoms with van der Waals surface area (Å²) >= 11 is 0. The summed E-state index contributed by atoms with van der Waals surface area (Å²) in [6.07, 6.45) is 1.85. The lowest BCUT2D eigenvalue weighted by Crippen LogP contribution is -2.23. The molecule has 0 aromatic heterocycles. The molecule has 96 valence electrons. The van der Waals surface area contributed by atoms with E-state index in [1.54, 1.807) is 26.2 Å². The molecule has 0 atom stereocenters. The van der Waals surface area contributed by atoms with Gasteiger partial charge in [0.05, 0.1) is 11.7 Å². The van der Waals surface area contributed by atoms with Crippen molar-refractivity contribution in [3.63, 3.8) is 0 Å². The van der Waals surface area contributed by atoms with Gasteiger partial charge in [-0.05, 0) is 25.0 Å². The van der Waals surface area contributed by atoms with Gasteiger partial charge in [0, 0.05) is 14.1 Å². The number of amides is 1. The lowest BCUT2D eigenvalue weighted by molar-refractivity contribution is 0.0691. The maximum absolute atomic E-state index is 12.0. The predicted octanol–water partition coefficient (Wildman–Crippen LogP) is 1.63. The molecule has 1 aromatic rings. The van der Waals surface area contributed by atoms with Crippen LogP contribution < -0.4 is 4.74 Å². The van der Waals surface area contributed by atoms with Crippen LogP contribution in [-0.2, 0) is 0 Å². The molecule has 0 heterocycles. The van der Waals surface area contributed by atoms with Crippen LogP contribution in [0.15, 0.2) is 18.2 Å². The summed E-state index contributed by atoms with van der Waals surface area (Å²) in [5, 5.41) is 9.14. The van der Waals surface area contributed by atoms with Gasteiger partial charge in [-0.3, -0.25) is 4.79 Å². The van der Waals surface area contributed by atoms with E-state index in [9.17, 15) is 9.59 Å². The van der Waals surface area contributed by atoms with E-state index in [1.807, 2.05) is 0 Å². The molecule has 1 aliphatic carbocycles. The molecule has 0 saturated heterocycles. The van der Waals surface area contributed by atoms with Gasteiger partial charge in [0.2, 0.25) is 0 Å². The number of nitrogens with zero attached hydrogens (tertiary/aromatic N) is 1. The second-order valence-corrected chi connectivity index (χ2v) is 4.50. The smallest absolute Gasteiger partial charge is 0.339 e. The minimum absolute atomic E-state index is 0.0367. The van der Waals surface area contributed by atoms with Gasteiger partial charge in [-0.25, -0.2) is 4.79 Å². The van der Waals surface area contributed by atoms with Crippen LogP contribution in [0, 0.1) is 0 Å². The number of para-hydroxylation sites is 1. The van der Waals surface area contributed by atoms with Crippen molar-refractivity contribution in [2.45, 2.75) is 18.9 Å². The van der Waals surface area contributed by atoms with E-state index in [-0.39, 0.29) is 23.3 Å². The summed E-state index contributed by atoms with van der Waals surface area (Å²) < 4.78 is 5.59. The molecular weight excluding hydrogens is 234 g/mol. The van der Waals surface area contributed by atoms with Gasteiger partial charge >= 0.3 is 5.97 Å². The fraction of sp³-hybridized carbons (Fsp3) is 0.385. The van der Waals surface area contributed by atoms with E-state index in [0.29, 0.717) is 5.56 Å². The molecule has 1 amide bonds. The number of carbonyl (C=O) groups is 2. The van der Waals surface area contributed by atoms with Gasteiger partial charge in [-0.15, -0.1) is 0 Å². The quantitative estimate of drug-likeness (QED) is 0.880. The lowest BCUT2D eigenvalue weighted by atomic mass is 10.1. The molecule has 1 N–H and O–H groups in total. The zero-order valence-electron chi connectivity index (χ0n) is 10.3. The summed E-state index contributed by atoms with van der Waals surface area (Å²) in [5.74, 6) is -1.15. The zero-order chi connectivity index (χ0) is 13.3. The number of carboxylic acid groups (broad SMARTS) is 1. The van der Waals surface area contributed by atoms with Crippen LogP contribution in [-0.4, -0.2) is 42.1 Å². The predicted molar refractivity (Wildman–Crippen MR) is 65.1 cm³/mol. The van der Waals surface area contributed by atoms with Crippen molar-refractivity contribution in [2.24, 2.45) is 0 Å². The highest BCUT2D eigenvalue weighted by atomic mass is 16.5. The highest BCUT2D eigenvalue weighted by Gasteiger charge is 2.29. The maximum Gasteiger partial charge on any atom is 0.339 e. The zero-order valence-corrected chi connectivity index (χ0v) is 10.3. The first-order valence-electron chi connectivity index (χ1n) is 5.75. The molecule has 0 spiro atoms. The first-order chi connectivity index (χ1) is 8.50. The monoisotopic (exact) mass is 249 g/mol. The highest BCUT2D eigenvalue weighted by Crippen LogP contribution is 2.32. The van der Waals surface area contributed by atoms with Crippen molar-refractivity contribution in [3.05, 3.63) is 29.3 Å². The summed E-state index contributed by atoms with van der Waals surface area (Å²) in [6.45, 7) is 0. The van der Waals surface area contributed by atoms with Gasteiger partial charge in [0.1, 0.15) is 11.3 Å². The molecule has 2 rings (SSSR count). The molecule has 1 saturated carbocycles. The average Bonchev–Trinajstić information content (AvgIpc) is 3.11. The third kappa shape index (κ3) is 2.45. The molecule has 1 fully saturated rings. The number of hydrogen-bond donors (Lipinski definition) is 1. The Bertz CT molecular complexity index is 492. The van der Waals surface area contributed by atoms with Crippen molar-refractivity contribution in [3.8, 4) is 5.75 Å². The molecule has 0 unspecified atom stereocenters. The van der Waals surface area contributed by atoms with Crippen molar-refractivity contribution < 1.29 is 19.4 Å². The maximum atomic E-state index is 12.0. The number of carbonyl (C=O) groups excluding carboxylic acids is 1. The summed E-state index contributed by atoms with van der Waals surface area (Å²) in [5.41, 5.74) is 0.335. The van der Waals surface area contributed by atoms with Crippen LogP contribution in [0.1, 0.15) is 33.6 Å². The van der Waals surface area contributed by atoms with Crippen molar-refractivity contribution in [1.82, 2.24) is 4.90 Å². The van der Waals surface area contributed by atoms with E-state index in [2.05, 4.69) is 0 Å². The van der Waals surface area contributed by atoms with Gasteiger partial charge in [0.15, 0.2) is 0 Å². The molecule has 5 heteroatoms. The fourth-order valence-corrected chi connectivity index (χ4v) is 1.59. The fourth-order valence-electron chi connectivity index (χ4n) is 1.59. The number of hydrogen-bond acceptors (Lipinski definition) is 3. The van der Waals surface area contributed by atoms with Crippen LogP contribution in [0.2, 0.25) is 0 Å². The Balaban J connectivity index is 2.46. The number of carboxylic acids is 1. The normalized spacial score (nSPS) is 14.1. The SMILES string of the molecule is CN(C)C(=O)c1cccc(C(=O)O)c1OC1CC1. The lowest BCUT2D eigenvalue weighted by Gasteiger charge is -2.16. The number of aromatic carboxylic acids is 1. The van der Waals surface area contributed by atoms with Gasteiger partial charge in [-0.1, -0.05) is 6.07 Å². The second-order valence-electron chi connectivity index (χ2n) is 4.50. The number of benzene rings is 1. The van der Waals surface area contributed by atoms with Gasteiger partial charge in [0.25, 0.3) is 5.91 Å². The largest absolute Gasteiger partial charge is 0.489 e. The summed E-state index contributed by atoms with van der Waals surface area (Å²) in [4.78, 5) is 24.6. The molecule has 18 heavy (non-hydrogen) atoms. The Kier molecular flexibility index (Phi) is 3.23. The molecule has 5 nitrogen and oxygen atoms in total. The first-order valence-corrected chi connectivity index (χ1v) is 5.75. The van der Waals surface area contributed by atoms with E-state index in [4.69, 9.17) is 9.84 Å². The molecule has 0 aliphatic heterocycles. The van der Waals surface area contributed by atoms with Gasteiger partial charge < -0.3 is 14.7 Å². The van der Waals surface area contributed by atoms with E-state index >= 15 is 0 Å². The molecule has 1 aromatic carbocycles. The Hall–Kier alpha value is -2.04. The van der Waals surface area contributed by atoms with Crippen LogP contribution in [0.3, 0.4) is 0 Å². The molecule has 0 radical (unpaired) electrons. The first kappa shape index (κ1) is 12.4. The Labute approximate surface area is 105 Å². The molecule has 1 aliphatic rings. The van der Waals surface area contributed by atoms with Crippen molar-refractivity contribution in [2.75, 3.05) is 14.1 Å². The Morgan fingerprint density at radius 3 is 2.39 bits per heavy atom. The third-order valence-corrected chi connectivity index (χ3v) is 2.69. The third-order valence-electron chi connectivity index (χ3n) is 2.69. The number of rotatable bonds is 4. The van der Waals surface area contributed by atoms with E-state index in [0.717, 1.165) is 12.8 Å². The Morgan fingerprint density at radius 1 is 1.28 bits per heavy atom. The second kappa shape index (κ2) is 4.68. The van der Waals surface area contributed by atoms with Crippen LogP contribution in [0.5, 0.6) is 5.75 Å². The van der Waals surface area contributed by atoms with Crippen molar-refractivity contribution in [1.29, 1.82) is 0 Å². The average molecular weight is 249 g/mol. The summed E-state index contributed by atoms with van der Waals surface area (Å²) in [7, 11) is 3.24. The van der Waals surface area contributed by atoms with Crippen molar-refractivity contribution >= 4 is 11.9 Å². The van der Waals surface area contributed by atoms with E-state index in [1.165, 1.54) is 11.0 Å². The standard InChI is InChI=1S/C13H15NO4/c1-14(2)12(15)9-4-3-5-10(13(16)17)11(9)18-8-6-7-8/h3-5,8H,6-7H2,1-2H3,(H,16,17). The van der Waals surface area contributed by atoms with E-state index < -0.39 is 5.97 Å². The minimum Gasteiger partial charge on any atom is -0.489 e. The minimum atomic E-state index is -1.08. The number of ether oxygens (including phenoxy) is 1. The Morgan fingerprint density at radius 2 is 1.89 bits per heavy atom. The molecule has 0 bridgehead atoms. The highest BCUT2D eigenvalue weighted by molar-refractivity contribution is 6.01. The van der Waals surface area contributed by atoms with Gasteiger partial charge in [-0.2, -0.15) is 0 Å². The summed E-state index contributed by atoms with van der Waals surface area (Å²) in [6, 6.07) is 4.60.